The van der Waals surface area contributed by atoms with E-state index in [1.807, 2.05) is 0 Å². The first-order chi connectivity index (χ1) is 11.4. The predicted octanol–water partition coefficient (Wildman–Crippen LogP) is 4.64. The largest absolute Gasteiger partial charge is 0.324 e. The number of amides is 2. The molecule has 0 radical (unpaired) electrons. The molecule has 0 unspecified atom stereocenters. The molecule has 3 rings (SSSR count). The van der Waals surface area contributed by atoms with Gasteiger partial charge in [-0.2, -0.15) is 0 Å². The summed E-state index contributed by atoms with van der Waals surface area (Å²) in [6.07, 6.45) is 0.145. The van der Waals surface area contributed by atoms with E-state index in [0.717, 1.165) is 5.69 Å². The molecule has 0 aliphatic carbocycles. The van der Waals surface area contributed by atoms with Crippen molar-refractivity contribution in [3.8, 4) is 0 Å². The normalized spacial score (nSPS) is 17.2. The second-order valence-corrected chi connectivity index (χ2v) is 6.78. The Morgan fingerprint density at radius 3 is 2.42 bits per heavy atom. The van der Waals surface area contributed by atoms with Crippen molar-refractivity contribution in [2.45, 2.75) is 6.42 Å². The number of benzene rings is 2. The number of rotatable bonds is 3. The smallest absolute Gasteiger partial charge is 0.229 e. The second-order valence-electron chi connectivity index (χ2n) is 5.50. The third-order valence-electron chi connectivity index (χ3n) is 3.82. The summed E-state index contributed by atoms with van der Waals surface area (Å²) in [7, 11) is 0. The molecule has 2 amide bonds. The number of nitrogens with zero attached hydrogens (tertiary/aromatic N) is 1. The molecule has 1 atom stereocenters. The van der Waals surface area contributed by atoms with E-state index in [2.05, 4.69) is 5.32 Å². The molecule has 1 heterocycles. The molecule has 7 heteroatoms. The van der Waals surface area contributed by atoms with E-state index >= 15 is 0 Å². The Morgan fingerprint density at radius 2 is 1.71 bits per heavy atom. The highest BCUT2D eigenvalue weighted by atomic mass is 35.5. The molecular weight excluding hydrogens is 371 g/mol. The maximum absolute atomic E-state index is 12.4. The minimum Gasteiger partial charge on any atom is -0.324 e. The lowest BCUT2D eigenvalue weighted by atomic mass is 10.1. The molecule has 1 N–H and O–H groups in total. The fraction of sp³-hybridized carbons (Fsp3) is 0.176. The summed E-state index contributed by atoms with van der Waals surface area (Å²) in [6, 6.07) is 11.8. The summed E-state index contributed by atoms with van der Waals surface area (Å²) in [6.45, 7) is 0.310. The Morgan fingerprint density at radius 1 is 1.04 bits per heavy atom. The van der Waals surface area contributed by atoms with Crippen molar-refractivity contribution in [1.82, 2.24) is 0 Å². The Hall–Kier alpha value is -1.75. The van der Waals surface area contributed by atoms with Crippen LogP contribution >= 0.6 is 34.8 Å². The molecule has 1 saturated heterocycles. The molecule has 4 nitrogen and oxygen atoms in total. The second kappa shape index (κ2) is 7.01. The molecule has 0 aromatic heterocycles. The topological polar surface area (TPSA) is 49.4 Å². The summed E-state index contributed by atoms with van der Waals surface area (Å²) >= 11 is 17.8. The minimum absolute atomic E-state index is 0.102. The van der Waals surface area contributed by atoms with Gasteiger partial charge >= 0.3 is 0 Å². The number of anilines is 2. The van der Waals surface area contributed by atoms with Crippen molar-refractivity contribution >= 4 is 58.0 Å². The van der Waals surface area contributed by atoms with Gasteiger partial charge in [-0.3, -0.25) is 9.59 Å². The molecule has 2 aromatic carbocycles. The zero-order chi connectivity index (χ0) is 17.3. The van der Waals surface area contributed by atoms with Crippen LogP contribution in [-0.4, -0.2) is 18.4 Å². The molecular formula is C17H13Cl3N2O2. The van der Waals surface area contributed by atoms with E-state index in [0.29, 0.717) is 27.3 Å². The molecule has 0 bridgehead atoms. The van der Waals surface area contributed by atoms with Crippen LogP contribution in [0.5, 0.6) is 0 Å². The zero-order valence-corrected chi connectivity index (χ0v) is 14.7. The highest BCUT2D eigenvalue weighted by molar-refractivity contribution is 6.35. The first kappa shape index (κ1) is 17.1. The third kappa shape index (κ3) is 3.66. The van der Waals surface area contributed by atoms with Crippen LogP contribution < -0.4 is 10.2 Å². The van der Waals surface area contributed by atoms with Crippen LogP contribution in [0.2, 0.25) is 15.1 Å². The molecule has 124 valence electrons. The predicted molar refractivity (Wildman–Crippen MR) is 97.0 cm³/mol. The van der Waals surface area contributed by atoms with Gasteiger partial charge in [-0.25, -0.2) is 0 Å². The van der Waals surface area contributed by atoms with Crippen LogP contribution in [-0.2, 0) is 9.59 Å². The number of hydrogen-bond acceptors (Lipinski definition) is 2. The molecule has 0 spiro atoms. The van der Waals surface area contributed by atoms with E-state index in [4.69, 9.17) is 34.8 Å². The maximum Gasteiger partial charge on any atom is 0.229 e. The van der Waals surface area contributed by atoms with Crippen molar-refractivity contribution < 1.29 is 9.59 Å². The van der Waals surface area contributed by atoms with Crippen molar-refractivity contribution in [2.75, 3.05) is 16.8 Å². The monoisotopic (exact) mass is 382 g/mol. The fourth-order valence-corrected chi connectivity index (χ4v) is 3.04. The average Bonchev–Trinajstić information content (AvgIpc) is 2.94. The van der Waals surface area contributed by atoms with Crippen molar-refractivity contribution in [1.29, 1.82) is 0 Å². The van der Waals surface area contributed by atoms with Gasteiger partial charge < -0.3 is 10.2 Å². The summed E-state index contributed by atoms with van der Waals surface area (Å²) in [5.74, 6) is -0.818. The van der Waals surface area contributed by atoms with Crippen LogP contribution in [0.25, 0.3) is 0 Å². The van der Waals surface area contributed by atoms with Gasteiger partial charge in [0.25, 0.3) is 0 Å². The Labute approximate surface area is 154 Å². The summed E-state index contributed by atoms with van der Waals surface area (Å²) in [5.41, 5.74) is 1.16. The maximum atomic E-state index is 12.4. The Balaban J connectivity index is 1.72. The van der Waals surface area contributed by atoms with Crippen LogP contribution in [0.1, 0.15) is 6.42 Å². The van der Waals surface area contributed by atoms with Gasteiger partial charge in [0.05, 0.1) is 16.6 Å². The summed E-state index contributed by atoms with van der Waals surface area (Å²) in [5, 5.41) is 4.20. The Kier molecular flexibility index (Phi) is 4.99. The van der Waals surface area contributed by atoms with Crippen LogP contribution in [0.15, 0.2) is 42.5 Å². The highest BCUT2D eigenvalue weighted by Crippen LogP contribution is 2.29. The van der Waals surface area contributed by atoms with Crippen molar-refractivity contribution in [2.24, 2.45) is 5.92 Å². The third-order valence-corrected chi connectivity index (χ3v) is 4.64. The lowest BCUT2D eigenvalue weighted by molar-refractivity contribution is -0.122. The Bertz CT molecular complexity index is 793. The van der Waals surface area contributed by atoms with Gasteiger partial charge in [0.1, 0.15) is 0 Å². The van der Waals surface area contributed by atoms with E-state index in [9.17, 15) is 9.59 Å². The standard InChI is InChI=1S/C17H13Cl3N2O2/c18-11-1-4-13(5-2-11)22-9-10(7-16(22)23)17(24)21-15-8-12(19)3-6-14(15)20/h1-6,8,10H,7,9H2,(H,21,24)/t10-/m1/s1. The van der Waals surface area contributed by atoms with E-state index in [-0.39, 0.29) is 18.2 Å². The number of halogens is 3. The van der Waals surface area contributed by atoms with Gasteiger partial charge in [-0.05, 0) is 42.5 Å². The molecule has 0 saturated carbocycles. The van der Waals surface area contributed by atoms with Gasteiger partial charge in [-0.1, -0.05) is 34.8 Å². The quantitative estimate of drug-likeness (QED) is 0.839. The summed E-state index contributed by atoms with van der Waals surface area (Å²) in [4.78, 5) is 26.2. The number of carbonyl (C=O) groups is 2. The lowest BCUT2D eigenvalue weighted by Crippen LogP contribution is -2.28. The van der Waals surface area contributed by atoms with Gasteiger partial charge in [0, 0.05) is 28.7 Å². The van der Waals surface area contributed by atoms with Gasteiger partial charge in [0.2, 0.25) is 11.8 Å². The number of nitrogens with one attached hydrogen (secondary N) is 1. The number of hydrogen-bond donors (Lipinski definition) is 1. The first-order valence-electron chi connectivity index (χ1n) is 7.26. The first-order valence-corrected chi connectivity index (χ1v) is 8.39. The lowest BCUT2D eigenvalue weighted by Gasteiger charge is -2.17. The van der Waals surface area contributed by atoms with E-state index < -0.39 is 5.92 Å². The average molecular weight is 384 g/mol. The molecule has 1 aliphatic rings. The van der Waals surface area contributed by atoms with Crippen LogP contribution in [0.4, 0.5) is 11.4 Å². The highest BCUT2D eigenvalue weighted by Gasteiger charge is 2.35. The number of carbonyl (C=O) groups excluding carboxylic acids is 2. The van der Waals surface area contributed by atoms with Gasteiger partial charge in [0.15, 0.2) is 0 Å². The SMILES string of the molecule is O=C(Nc1cc(Cl)ccc1Cl)[C@@H]1CC(=O)N(c2ccc(Cl)cc2)C1. The van der Waals surface area contributed by atoms with Crippen LogP contribution in [0.3, 0.4) is 0 Å². The molecule has 24 heavy (non-hydrogen) atoms. The van der Waals surface area contributed by atoms with E-state index in [1.54, 1.807) is 47.4 Å². The fourth-order valence-electron chi connectivity index (χ4n) is 2.58. The van der Waals surface area contributed by atoms with Crippen molar-refractivity contribution in [3.63, 3.8) is 0 Å². The summed E-state index contributed by atoms with van der Waals surface area (Å²) < 4.78 is 0. The van der Waals surface area contributed by atoms with Gasteiger partial charge in [-0.15, -0.1) is 0 Å². The molecule has 1 aliphatic heterocycles. The van der Waals surface area contributed by atoms with Crippen molar-refractivity contribution in [3.05, 3.63) is 57.5 Å². The molecule has 1 fully saturated rings. The minimum atomic E-state index is -0.455. The zero-order valence-electron chi connectivity index (χ0n) is 12.4. The van der Waals surface area contributed by atoms with E-state index in [1.165, 1.54) is 0 Å². The molecule has 2 aromatic rings. The van der Waals surface area contributed by atoms with Crippen LogP contribution in [0, 0.1) is 5.92 Å².